The first-order chi connectivity index (χ1) is 7.95. The smallest absolute Gasteiger partial charge is 0.370 e. The fraction of sp³-hybridized carbons (Fsp3) is 0.545. The zero-order valence-corrected chi connectivity index (χ0v) is 9.78. The average Bonchev–Trinajstić information content (AvgIpc) is 2.13. The highest BCUT2D eigenvalue weighted by atomic mass is 35.5. The largest absolute Gasteiger partial charge is 0.416 e. The molecule has 0 atom stereocenters. The van der Waals surface area contributed by atoms with E-state index in [-0.39, 0.29) is 11.0 Å². The van der Waals surface area contributed by atoms with Crippen LogP contribution in [0.3, 0.4) is 0 Å². The number of anilines is 1. The van der Waals surface area contributed by atoms with E-state index in [2.05, 4.69) is 10.3 Å². The molecular weight excluding hydrogens is 253 g/mol. The summed E-state index contributed by atoms with van der Waals surface area (Å²) in [7, 11) is 0. The van der Waals surface area contributed by atoms with E-state index in [0.717, 1.165) is 25.0 Å². The standard InChI is InChI=1S/C11H12ClF3N2/c12-9-4-8(11(13,14)15)5-10(17-9)16-6-7-2-1-3-7/h4-5,7H,1-3,6H2,(H,16,17). The quantitative estimate of drug-likeness (QED) is 0.836. The van der Waals surface area contributed by atoms with Gasteiger partial charge in [0.2, 0.25) is 0 Å². The van der Waals surface area contributed by atoms with E-state index in [0.29, 0.717) is 12.5 Å². The van der Waals surface area contributed by atoms with Crippen molar-refractivity contribution in [3.63, 3.8) is 0 Å². The molecule has 17 heavy (non-hydrogen) atoms. The molecule has 1 fully saturated rings. The Bertz CT molecular complexity index is 402. The maximum atomic E-state index is 12.5. The third-order valence-electron chi connectivity index (χ3n) is 2.92. The summed E-state index contributed by atoms with van der Waals surface area (Å²) in [6.45, 7) is 0.657. The van der Waals surface area contributed by atoms with Gasteiger partial charge in [-0.1, -0.05) is 18.0 Å². The van der Waals surface area contributed by atoms with Crippen LogP contribution in [-0.4, -0.2) is 11.5 Å². The molecule has 0 unspecified atom stereocenters. The van der Waals surface area contributed by atoms with Gasteiger partial charge in [-0.25, -0.2) is 4.98 Å². The van der Waals surface area contributed by atoms with Crippen molar-refractivity contribution in [2.24, 2.45) is 5.92 Å². The lowest BCUT2D eigenvalue weighted by atomic mass is 9.85. The molecule has 1 saturated carbocycles. The molecule has 0 radical (unpaired) electrons. The van der Waals surface area contributed by atoms with E-state index in [4.69, 9.17) is 11.6 Å². The van der Waals surface area contributed by atoms with Gasteiger partial charge in [-0.05, 0) is 30.9 Å². The molecule has 0 spiro atoms. The molecule has 2 nitrogen and oxygen atoms in total. The van der Waals surface area contributed by atoms with Crippen molar-refractivity contribution in [2.75, 3.05) is 11.9 Å². The molecule has 1 aliphatic carbocycles. The van der Waals surface area contributed by atoms with Crippen LogP contribution in [0.2, 0.25) is 5.15 Å². The Morgan fingerprint density at radius 3 is 2.59 bits per heavy atom. The van der Waals surface area contributed by atoms with Crippen LogP contribution in [0, 0.1) is 5.92 Å². The van der Waals surface area contributed by atoms with E-state index < -0.39 is 11.7 Å². The highest BCUT2D eigenvalue weighted by Crippen LogP contribution is 2.32. The Labute approximate surface area is 102 Å². The summed E-state index contributed by atoms with van der Waals surface area (Å²) < 4.78 is 37.5. The average molecular weight is 265 g/mol. The second kappa shape index (κ2) is 4.72. The fourth-order valence-electron chi connectivity index (χ4n) is 1.70. The Morgan fingerprint density at radius 2 is 2.06 bits per heavy atom. The summed E-state index contributed by atoms with van der Waals surface area (Å²) >= 11 is 5.57. The van der Waals surface area contributed by atoms with Crippen LogP contribution in [0.15, 0.2) is 12.1 Å². The van der Waals surface area contributed by atoms with Crippen molar-refractivity contribution in [1.29, 1.82) is 0 Å². The first-order valence-corrected chi connectivity index (χ1v) is 5.81. The molecule has 94 valence electrons. The molecule has 0 aromatic carbocycles. The van der Waals surface area contributed by atoms with Crippen LogP contribution >= 0.6 is 11.6 Å². The predicted molar refractivity (Wildman–Crippen MR) is 60.1 cm³/mol. The molecular formula is C11H12ClF3N2. The van der Waals surface area contributed by atoms with E-state index in [9.17, 15) is 13.2 Å². The van der Waals surface area contributed by atoms with Crippen molar-refractivity contribution in [3.8, 4) is 0 Å². The number of aromatic nitrogens is 1. The predicted octanol–water partition coefficient (Wildman–Crippen LogP) is 3.97. The summed E-state index contributed by atoms with van der Waals surface area (Å²) in [6, 6.07) is 1.82. The molecule has 1 heterocycles. The number of pyridine rings is 1. The topological polar surface area (TPSA) is 24.9 Å². The van der Waals surface area contributed by atoms with Gasteiger partial charge in [-0.3, -0.25) is 0 Å². The van der Waals surface area contributed by atoms with Gasteiger partial charge in [-0.2, -0.15) is 13.2 Å². The molecule has 2 rings (SSSR count). The molecule has 0 saturated heterocycles. The molecule has 0 aliphatic heterocycles. The molecule has 1 N–H and O–H groups in total. The Kier molecular flexibility index (Phi) is 3.47. The Balaban J connectivity index is 2.08. The Morgan fingerprint density at radius 1 is 1.35 bits per heavy atom. The summed E-state index contributed by atoms with van der Waals surface area (Å²) in [5.74, 6) is 0.738. The number of nitrogens with zero attached hydrogens (tertiary/aromatic N) is 1. The van der Waals surface area contributed by atoms with Gasteiger partial charge in [0.05, 0.1) is 5.56 Å². The number of alkyl halides is 3. The van der Waals surface area contributed by atoms with Crippen molar-refractivity contribution >= 4 is 17.4 Å². The molecule has 6 heteroatoms. The lowest BCUT2D eigenvalue weighted by Gasteiger charge is -2.25. The first kappa shape index (κ1) is 12.5. The van der Waals surface area contributed by atoms with E-state index in [1.165, 1.54) is 6.42 Å². The van der Waals surface area contributed by atoms with Gasteiger partial charge in [0, 0.05) is 6.54 Å². The zero-order chi connectivity index (χ0) is 12.5. The van der Waals surface area contributed by atoms with Gasteiger partial charge < -0.3 is 5.32 Å². The fourth-order valence-corrected chi connectivity index (χ4v) is 1.91. The molecule has 1 aliphatic rings. The summed E-state index contributed by atoms with van der Waals surface area (Å²) in [4.78, 5) is 3.83. The van der Waals surface area contributed by atoms with Crippen molar-refractivity contribution < 1.29 is 13.2 Å². The van der Waals surface area contributed by atoms with Crippen LogP contribution in [0.25, 0.3) is 0 Å². The summed E-state index contributed by atoms with van der Waals surface area (Å²) in [5, 5.41) is 2.76. The third kappa shape index (κ3) is 3.25. The molecule has 0 bridgehead atoms. The second-order valence-electron chi connectivity index (χ2n) is 4.24. The minimum absolute atomic E-state index is 0.143. The summed E-state index contributed by atoms with van der Waals surface area (Å²) in [6.07, 6.45) is -0.942. The second-order valence-corrected chi connectivity index (χ2v) is 4.63. The van der Waals surface area contributed by atoms with Crippen LogP contribution in [-0.2, 0) is 6.18 Å². The third-order valence-corrected chi connectivity index (χ3v) is 3.11. The lowest BCUT2D eigenvalue weighted by molar-refractivity contribution is -0.137. The van der Waals surface area contributed by atoms with Crippen molar-refractivity contribution in [3.05, 3.63) is 22.8 Å². The Hall–Kier alpha value is -0.970. The van der Waals surface area contributed by atoms with Gasteiger partial charge in [0.15, 0.2) is 0 Å². The van der Waals surface area contributed by atoms with Gasteiger partial charge in [-0.15, -0.1) is 0 Å². The number of halogens is 4. The van der Waals surface area contributed by atoms with E-state index >= 15 is 0 Å². The minimum atomic E-state index is -4.39. The number of nitrogens with one attached hydrogen (secondary N) is 1. The molecule has 0 amide bonds. The first-order valence-electron chi connectivity index (χ1n) is 5.44. The highest BCUT2D eigenvalue weighted by molar-refractivity contribution is 6.29. The zero-order valence-electron chi connectivity index (χ0n) is 9.02. The highest BCUT2D eigenvalue weighted by Gasteiger charge is 2.31. The summed E-state index contributed by atoms with van der Waals surface area (Å²) in [5.41, 5.74) is -0.770. The maximum Gasteiger partial charge on any atom is 0.416 e. The van der Waals surface area contributed by atoms with Crippen molar-refractivity contribution in [2.45, 2.75) is 25.4 Å². The normalized spacial score (nSPS) is 16.7. The van der Waals surface area contributed by atoms with Crippen LogP contribution in [0.4, 0.5) is 19.0 Å². The number of hydrogen-bond donors (Lipinski definition) is 1. The maximum absolute atomic E-state index is 12.5. The van der Waals surface area contributed by atoms with Gasteiger partial charge in [0.1, 0.15) is 11.0 Å². The van der Waals surface area contributed by atoms with Crippen LogP contribution < -0.4 is 5.32 Å². The SMILES string of the molecule is FC(F)(F)c1cc(Cl)nc(NCC2CCC2)c1. The van der Waals surface area contributed by atoms with E-state index in [1.54, 1.807) is 0 Å². The van der Waals surface area contributed by atoms with Gasteiger partial charge >= 0.3 is 6.18 Å². The molecule has 1 aromatic rings. The van der Waals surface area contributed by atoms with Crippen molar-refractivity contribution in [1.82, 2.24) is 4.98 Å². The monoisotopic (exact) mass is 264 g/mol. The number of hydrogen-bond acceptors (Lipinski definition) is 2. The van der Waals surface area contributed by atoms with Crippen LogP contribution in [0.5, 0.6) is 0 Å². The van der Waals surface area contributed by atoms with Gasteiger partial charge in [0.25, 0.3) is 0 Å². The molecule has 1 aromatic heterocycles. The van der Waals surface area contributed by atoms with E-state index in [1.807, 2.05) is 0 Å². The lowest BCUT2D eigenvalue weighted by Crippen LogP contribution is -2.21. The number of rotatable bonds is 3. The van der Waals surface area contributed by atoms with Crippen LogP contribution in [0.1, 0.15) is 24.8 Å². The minimum Gasteiger partial charge on any atom is -0.370 e.